The molecule has 1 heterocycles. The molecular formula is C15H12N2O4S. The first kappa shape index (κ1) is 15.6. The van der Waals surface area contributed by atoms with Crippen molar-refractivity contribution in [2.75, 3.05) is 5.32 Å². The zero-order chi connectivity index (χ0) is 16.1. The maximum atomic E-state index is 12.2. The minimum absolute atomic E-state index is 0.0285. The lowest BCUT2D eigenvalue weighted by molar-refractivity contribution is -0.384. The maximum Gasteiger partial charge on any atom is 0.269 e. The highest BCUT2D eigenvalue weighted by atomic mass is 32.1. The van der Waals surface area contributed by atoms with Crippen LogP contribution in [0.15, 0.2) is 47.4 Å². The van der Waals surface area contributed by atoms with Gasteiger partial charge in [0.05, 0.1) is 10.5 Å². The van der Waals surface area contributed by atoms with E-state index < -0.39 is 10.8 Å². The van der Waals surface area contributed by atoms with Gasteiger partial charge in [-0.15, -0.1) is 11.3 Å². The SMILES string of the molecule is CC(=O)/C(=C\c1cccs1)C(=O)Nc1ccc([N+](=O)[O-])cc1. The predicted molar refractivity (Wildman–Crippen MR) is 84.7 cm³/mol. The van der Waals surface area contributed by atoms with Crippen LogP contribution in [0.2, 0.25) is 0 Å². The normalized spacial score (nSPS) is 11.0. The first-order valence-electron chi connectivity index (χ1n) is 6.29. The number of thiophene rings is 1. The van der Waals surface area contributed by atoms with Gasteiger partial charge in [0.2, 0.25) is 0 Å². The molecule has 0 aliphatic heterocycles. The van der Waals surface area contributed by atoms with Gasteiger partial charge in [-0.05, 0) is 36.6 Å². The second-order valence-corrected chi connectivity index (χ2v) is 5.37. The van der Waals surface area contributed by atoms with Crippen LogP contribution in [0.3, 0.4) is 0 Å². The molecule has 0 aliphatic carbocycles. The molecule has 0 aliphatic rings. The van der Waals surface area contributed by atoms with E-state index in [1.165, 1.54) is 48.6 Å². The van der Waals surface area contributed by atoms with Crippen LogP contribution in [-0.4, -0.2) is 16.6 Å². The van der Waals surface area contributed by atoms with E-state index in [4.69, 9.17) is 0 Å². The third-order valence-electron chi connectivity index (χ3n) is 2.79. The molecule has 1 N–H and O–H groups in total. The number of non-ortho nitro benzene ring substituents is 1. The van der Waals surface area contributed by atoms with Gasteiger partial charge in [0.25, 0.3) is 11.6 Å². The molecule has 0 fully saturated rings. The number of hydrogen-bond donors (Lipinski definition) is 1. The third-order valence-corrected chi connectivity index (χ3v) is 3.61. The molecule has 1 aromatic carbocycles. The van der Waals surface area contributed by atoms with E-state index in [1.54, 1.807) is 6.07 Å². The highest BCUT2D eigenvalue weighted by Gasteiger charge is 2.15. The number of amides is 1. The molecule has 0 spiro atoms. The summed E-state index contributed by atoms with van der Waals surface area (Å²) in [6.45, 7) is 1.31. The Bertz CT molecular complexity index is 733. The standard InChI is InChI=1S/C15H12N2O4S/c1-10(18)14(9-13-3-2-8-22-13)15(19)16-11-4-6-12(7-5-11)17(20)21/h2-9H,1H3,(H,16,19)/b14-9+. The van der Waals surface area contributed by atoms with E-state index >= 15 is 0 Å². The van der Waals surface area contributed by atoms with Crippen molar-refractivity contribution in [1.29, 1.82) is 0 Å². The molecule has 0 atom stereocenters. The summed E-state index contributed by atoms with van der Waals surface area (Å²) in [6.07, 6.45) is 1.52. The minimum Gasteiger partial charge on any atom is -0.322 e. The Morgan fingerprint density at radius 1 is 1.23 bits per heavy atom. The molecule has 1 aromatic heterocycles. The number of carbonyl (C=O) groups is 2. The molecule has 0 unspecified atom stereocenters. The molecule has 2 aromatic rings. The minimum atomic E-state index is -0.547. The number of carbonyl (C=O) groups excluding carboxylic acids is 2. The quantitative estimate of drug-likeness (QED) is 0.301. The average molecular weight is 316 g/mol. The van der Waals surface area contributed by atoms with Gasteiger partial charge in [0.1, 0.15) is 0 Å². The summed E-state index contributed by atoms with van der Waals surface area (Å²) < 4.78 is 0. The van der Waals surface area contributed by atoms with Crippen molar-refractivity contribution in [1.82, 2.24) is 0 Å². The monoisotopic (exact) mass is 316 g/mol. The van der Waals surface area contributed by atoms with Crippen LogP contribution in [-0.2, 0) is 9.59 Å². The number of nitro benzene ring substituents is 1. The number of Topliss-reactive ketones (excluding diaryl/α,β-unsaturated/α-hetero) is 1. The number of benzene rings is 1. The molecular weight excluding hydrogens is 304 g/mol. The van der Waals surface area contributed by atoms with Crippen molar-refractivity contribution < 1.29 is 14.5 Å². The lowest BCUT2D eigenvalue weighted by Gasteiger charge is -2.06. The van der Waals surface area contributed by atoms with Crippen LogP contribution < -0.4 is 5.32 Å². The topological polar surface area (TPSA) is 89.3 Å². The summed E-state index contributed by atoms with van der Waals surface area (Å²) in [5, 5.41) is 15.0. The molecule has 0 radical (unpaired) electrons. The predicted octanol–water partition coefficient (Wildman–Crippen LogP) is 3.27. The van der Waals surface area contributed by atoms with Crippen molar-refractivity contribution in [3.05, 3.63) is 62.3 Å². The van der Waals surface area contributed by atoms with Gasteiger partial charge in [-0.2, -0.15) is 0 Å². The fourth-order valence-electron chi connectivity index (χ4n) is 1.71. The van der Waals surface area contributed by atoms with Crippen molar-refractivity contribution in [2.45, 2.75) is 6.92 Å². The highest BCUT2D eigenvalue weighted by molar-refractivity contribution is 7.10. The Morgan fingerprint density at radius 2 is 1.91 bits per heavy atom. The van der Waals surface area contributed by atoms with Gasteiger partial charge < -0.3 is 5.32 Å². The Labute approximate surface area is 130 Å². The first-order chi connectivity index (χ1) is 10.5. The first-order valence-corrected chi connectivity index (χ1v) is 7.17. The third kappa shape index (κ3) is 3.86. The Morgan fingerprint density at radius 3 is 2.41 bits per heavy atom. The highest BCUT2D eigenvalue weighted by Crippen LogP contribution is 2.18. The molecule has 0 bridgehead atoms. The lowest BCUT2D eigenvalue weighted by atomic mass is 10.1. The molecule has 112 valence electrons. The average Bonchev–Trinajstić information content (AvgIpc) is 2.98. The summed E-state index contributed by atoms with van der Waals surface area (Å²) in [6, 6.07) is 9.02. The molecule has 7 heteroatoms. The number of anilines is 1. The van der Waals surface area contributed by atoms with Crippen LogP contribution in [0, 0.1) is 10.1 Å². The van der Waals surface area contributed by atoms with E-state index in [0.717, 1.165) is 4.88 Å². The van der Waals surface area contributed by atoms with E-state index in [1.807, 2.05) is 11.4 Å². The fourth-order valence-corrected chi connectivity index (χ4v) is 2.36. The van der Waals surface area contributed by atoms with Gasteiger partial charge in [-0.25, -0.2) is 0 Å². The second-order valence-electron chi connectivity index (χ2n) is 4.39. The Balaban J connectivity index is 2.18. The molecule has 22 heavy (non-hydrogen) atoms. The van der Waals surface area contributed by atoms with Crippen molar-refractivity contribution in [2.24, 2.45) is 0 Å². The number of nitrogens with one attached hydrogen (secondary N) is 1. The molecule has 6 nitrogen and oxygen atoms in total. The van der Waals surface area contributed by atoms with Crippen LogP contribution in [0.25, 0.3) is 6.08 Å². The Hall–Kier alpha value is -2.80. The van der Waals surface area contributed by atoms with Gasteiger partial charge >= 0.3 is 0 Å². The number of nitro groups is 1. The number of nitrogens with zero attached hydrogens (tertiary/aromatic N) is 1. The largest absolute Gasteiger partial charge is 0.322 e. The van der Waals surface area contributed by atoms with E-state index in [9.17, 15) is 19.7 Å². The fraction of sp³-hybridized carbons (Fsp3) is 0.0667. The van der Waals surface area contributed by atoms with Crippen molar-refractivity contribution >= 4 is 40.5 Å². The summed E-state index contributed by atoms with van der Waals surface area (Å²) in [5.74, 6) is -0.900. The smallest absolute Gasteiger partial charge is 0.269 e. The lowest BCUT2D eigenvalue weighted by Crippen LogP contribution is -2.18. The van der Waals surface area contributed by atoms with Gasteiger partial charge in [-0.1, -0.05) is 6.07 Å². The number of ketones is 1. The maximum absolute atomic E-state index is 12.2. The van der Waals surface area contributed by atoms with E-state index in [-0.39, 0.29) is 17.0 Å². The molecule has 2 rings (SSSR count). The van der Waals surface area contributed by atoms with Gasteiger partial charge in [0, 0.05) is 22.7 Å². The van der Waals surface area contributed by atoms with Crippen LogP contribution in [0.5, 0.6) is 0 Å². The summed E-state index contributed by atoms with van der Waals surface area (Å²) >= 11 is 1.41. The van der Waals surface area contributed by atoms with Crippen molar-refractivity contribution in [3.8, 4) is 0 Å². The zero-order valence-corrected chi connectivity index (χ0v) is 12.4. The van der Waals surface area contributed by atoms with Gasteiger partial charge in [0.15, 0.2) is 5.78 Å². The molecule has 0 saturated carbocycles. The molecule has 1 amide bonds. The zero-order valence-electron chi connectivity index (χ0n) is 11.6. The number of hydrogen-bond acceptors (Lipinski definition) is 5. The summed E-state index contributed by atoms with van der Waals surface area (Å²) in [7, 11) is 0. The molecule has 0 saturated heterocycles. The number of rotatable bonds is 5. The van der Waals surface area contributed by atoms with E-state index in [0.29, 0.717) is 5.69 Å². The summed E-state index contributed by atoms with van der Waals surface area (Å²) in [4.78, 5) is 34.6. The Kier molecular flexibility index (Phi) is 4.80. The van der Waals surface area contributed by atoms with Crippen LogP contribution in [0.1, 0.15) is 11.8 Å². The summed E-state index contributed by atoms with van der Waals surface area (Å²) in [5.41, 5.74) is 0.341. The van der Waals surface area contributed by atoms with Crippen LogP contribution >= 0.6 is 11.3 Å². The second kappa shape index (κ2) is 6.77. The van der Waals surface area contributed by atoms with E-state index in [2.05, 4.69) is 5.32 Å². The van der Waals surface area contributed by atoms with Gasteiger partial charge in [-0.3, -0.25) is 19.7 Å². The van der Waals surface area contributed by atoms with Crippen LogP contribution in [0.4, 0.5) is 11.4 Å². The van der Waals surface area contributed by atoms with Crippen molar-refractivity contribution in [3.63, 3.8) is 0 Å².